The highest BCUT2D eigenvalue weighted by atomic mass is 19.4. The van der Waals surface area contributed by atoms with Crippen LogP contribution in [-0.2, 0) is 21.5 Å². The highest BCUT2D eigenvalue weighted by Gasteiger charge is 2.65. The number of benzene rings is 3. The lowest BCUT2D eigenvalue weighted by molar-refractivity contribution is -0.192. The van der Waals surface area contributed by atoms with E-state index in [1.165, 1.54) is 11.1 Å². The van der Waals surface area contributed by atoms with E-state index in [2.05, 4.69) is 95.2 Å². The van der Waals surface area contributed by atoms with Crippen LogP contribution in [0, 0.1) is 0 Å². The van der Waals surface area contributed by atoms with Gasteiger partial charge in [-0.05, 0) is 61.0 Å². The Bertz CT molecular complexity index is 1630. The number of hydrogen-bond acceptors (Lipinski definition) is 4. The number of halogens is 3. The van der Waals surface area contributed by atoms with Gasteiger partial charge in [0.1, 0.15) is 0 Å². The zero-order chi connectivity index (χ0) is 28.7. The maximum atomic E-state index is 12.8. The van der Waals surface area contributed by atoms with E-state index in [1.807, 2.05) is 18.2 Å². The molecule has 1 aromatic heterocycles. The largest absolute Gasteiger partial charge is 0.490 e. The number of amides is 1. The van der Waals surface area contributed by atoms with Crippen molar-refractivity contribution in [3.63, 3.8) is 0 Å². The molecule has 0 radical (unpaired) electrons. The summed E-state index contributed by atoms with van der Waals surface area (Å²) in [6.45, 7) is 0.918. The number of carboxylic acids is 1. The molecule has 0 saturated heterocycles. The molecule has 1 saturated carbocycles. The van der Waals surface area contributed by atoms with Crippen molar-refractivity contribution < 1.29 is 27.9 Å². The van der Waals surface area contributed by atoms with E-state index in [4.69, 9.17) is 9.90 Å². The minimum Gasteiger partial charge on any atom is -0.475 e. The van der Waals surface area contributed by atoms with Crippen LogP contribution in [-0.4, -0.2) is 52.4 Å². The summed E-state index contributed by atoms with van der Waals surface area (Å²) in [5.74, 6) is -2.43. The van der Waals surface area contributed by atoms with Crippen LogP contribution in [0.3, 0.4) is 0 Å². The number of aromatic nitrogens is 2. The second-order valence-electron chi connectivity index (χ2n) is 10.3. The van der Waals surface area contributed by atoms with Crippen LogP contribution in [0.25, 0.3) is 23.1 Å². The van der Waals surface area contributed by atoms with Gasteiger partial charge in [0.25, 0.3) is 0 Å². The number of hydrogen-bond donors (Lipinski definition) is 3. The fraction of sp³-hybridized carbons (Fsp3) is 0.233. The Hall–Kier alpha value is -4.44. The molecule has 40 heavy (non-hydrogen) atoms. The van der Waals surface area contributed by atoms with Crippen molar-refractivity contribution in [3.05, 3.63) is 94.7 Å². The normalized spacial score (nSPS) is 19.6. The average molecular weight is 549 g/mol. The maximum Gasteiger partial charge on any atom is 0.490 e. The minimum atomic E-state index is -5.08. The zero-order valence-corrected chi connectivity index (χ0v) is 21.8. The number of para-hydroxylation sites is 1. The van der Waals surface area contributed by atoms with Crippen LogP contribution in [0.15, 0.2) is 66.7 Å². The molecule has 3 N–H and O–H groups in total. The lowest BCUT2D eigenvalue weighted by Crippen LogP contribution is -2.21. The Kier molecular flexibility index (Phi) is 6.97. The number of carbonyl (C=O) groups excluding carboxylic acids is 1. The molecule has 0 bridgehead atoms. The highest BCUT2D eigenvalue weighted by molar-refractivity contribution is 6.09. The number of rotatable bonds is 5. The number of anilines is 1. The Balaban J connectivity index is 0.000000411. The topological polar surface area (TPSA) is 98.3 Å². The lowest BCUT2D eigenvalue weighted by Gasteiger charge is -2.09. The quantitative estimate of drug-likeness (QED) is 0.293. The Morgan fingerprint density at radius 3 is 2.58 bits per heavy atom. The van der Waals surface area contributed by atoms with Crippen molar-refractivity contribution >= 4 is 40.6 Å². The van der Waals surface area contributed by atoms with Gasteiger partial charge in [-0.15, -0.1) is 0 Å². The summed E-state index contributed by atoms with van der Waals surface area (Å²) in [6, 6.07) is 23.1. The predicted octanol–water partition coefficient (Wildman–Crippen LogP) is 5.81. The smallest absolute Gasteiger partial charge is 0.475 e. The molecule has 2 atom stereocenters. The molecule has 1 aliphatic carbocycles. The van der Waals surface area contributed by atoms with Gasteiger partial charge < -0.3 is 15.3 Å². The number of carboxylic acid groups (broad SMARTS) is 1. The van der Waals surface area contributed by atoms with Gasteiger partial charge in [0.2, 0.25) is 5.91 Å². The first-order chi connectivity index (χ1) is 19.0. The molecular formula is C30H27F3N4O3. The van der Waals surface area contributed by atoms with Gasteiger partial charge in [0, 0.05) is 23.5 Å². The molecule has 1 aliphatic heterocycles. The molecule has 10 heteroatoms. The third-order valence-electron chi connectivity index (χ3n) is 7.17. The van der Waals surface area contributed by atoms with E-state index in [9.17, 15) is 18.0 Å². The SMILES string of the molecule is CN(C)Cc1cccc(/C=C/c2n[nH]c3cc([C@@H]4C[C@@]45C(=O)Nc4ccccc45)ccc23)c1.O=C(O)C(F)(F)F. The summed E-state index contributed by atoms with van der Waals surface area (Å²) >= 11 is 0. The molecule has 6 rings (SSSR count). The second kappa shape index (κ2) is 10.3. The second-order valence-corrected chi connectivity index (χ2v) is 10.3. The van der Waals surface area contributed by atoms with Gasteiger partial charge >= 0.3 is 12.1 Å². The van der Waals surface area contributed by atoms with E-state index in [0.29, 0.717) is 0 Å². The van der Waals surface area contributed by atoms with Crippen LogP contribution >= 0.6 is 0 Å². The van der Waals surface area contributed by atoms with Crippen LogP contribution < -0.4 is 5.32 Å². The predicted molar refractivity (Wildman–Crippen MR) is 147 cm³/mol. The Morgan fingerprint density at radius 1 is 1.10 bits per heavy atom. The van der Waals surface area contributed by atoms with Crippen molar-refractivity contribution in [1.29, 1.82) is 0 Å². The van der Waals surface area contributed by atoms with Gasteiger partial charge in [-0.25, -0.2) is 4.79 Å². The fourth-order valence-corrected chi connectivity index (χ4v) is 5.29. The van der Waals surface area contributed by atoms with Crippen molar-refractivity contribution in [2.45, 2.75) is 30.5 Å². The van der Waals surface area contributed by atoms with Gasteiger partial charge in [-0.1, -0.05) is 60.7 Å². The van der Waals surface area contributed by atoms with Crippen molar-refractivity contribution in [1.82, 2.24) is 15.1 Å². The molecule has 1 fully saturated rings. The van der Waals surface area contributed by atoms with Crippen LogP contribution in [0.1, 0.15) is 40.3 Å². The molecule has 1 amide bonds. The monoisotopic (exact) mass is 548 g/mol. The van der Waals surface area contributed by atoms with E-state index in [-0.39, 0.29) is 11.8 Å². The minimum absolute atomic E-state index is 0.124. The first-order valence-corrected chi connectivity index (χ1v) is 12.6. The molecule has 0 unspecified atom stereocenters. The number of aliphatic carboxylic acids is 1. The summed E-state index contributed by atoms with van der Waals surface area (Å²) in [5.41, 5.74) is 7.23. The van der Waals surface area contributed by atoms with Crippen LogP contribution in [0.2, 0.25) is 0 Å². The molecule has 2 heterocycles. The number of H-pyrrole nitrogens is 1. The lowest BCUT2D eigenvalue weighted by atomic mass is 9.92. The summed E-state index contributed by atoms with van der Waals surface area (Å²) in [7, 11) is 4.15. The number of aromatic amines is 1. The first-order valence-electron chi connectivity index (χ1n) is 12.6. The van der Waals surface area contributed by atoms with Crippen molar-refractivity contribution in [2.24, 2.45) is 0 Å². The van der Waals surface area contributed by atoms with E-state index in [1.54, 1.807) is 0 Å². The number of nitrogens with zero attached hydrogens (tertiary/aromatic N) is 2. The third-order valence-corrected chi connectivity index (χ3v) is 7.17. The Morgan fingerprint density at radius 2 is 1.85 bits per heavy atom. The van der Waals surface area contributed by atoms with Crippen LogP contribution in [0.5, 0.6) is 0 Å². The van der Waals surface area contributed by atoms with Crippen molar-refractivity contribution in [2.75, 3.05) is 19.4 Å². The van der Waals surface area contributed by atoms with Gasteiger partial charge in [0.05, 0.1) is 16.6 Å². The number of fused-ring (bicyclic) bond motifs is 3. The Labute approximate surface area is 228 Å². The van der Waals surface area contributed by atoms with E-state index < -0.39 is 17.6 Å². The highest BCUT2D eigenvalue weighted by Crippen LogP contribution is 2.64. The van der Waals surface area contributed by atoms with Gasteiger partial charge in [-0.2, -0.15) is 18.3 Å². The maximum absolute atomic E-state index is 12.8. The summed E-state index contributed by atoms with van der Waals surface area (Å²) in [6.07, 6.45) is -0.0591. The summed E-state index contributed by atoms with van der Waals surface area (Å²) in [5, 5.41) is 19.0. The molecule has 2 aliphatic rings. The number of alkyl halides is 3. The molecule has 206 valence electrons. The number of carbonyl (C=O) groups is 2. The fourth-order valence-electron chi connectivity index (χ4n) is 5.29. The summed E-state index contributed by atoms with van der Waals surface area (Å²) in [4.78, 5) is 23.9. The van der Waals surface area contributed by atoms with E-state index in [0.717, 1.165) is 46.4 Å². The van der Waals surface area contributed by atoms with Gasteiger partial charge in [-0.3, -0.25) is 9.89 Å². The summed E-state index contributed by atoms with van der Waals surface area (Å²) < 4.78 is 31.7. The number of nitrogens with one attached hydrogen (secondary N) is 2. The van der Waals surface area contributed by atoms with Crippen LogP contribution in [0.4, 0.5) is 18.9 Å². The molecule has 1 spiro atoms. The molecule has 3 aromatic carbocycles. The first kappa shape index (κ1) is 27.1. The molecular weight excluding hydrogens is 521 g/mol. The van der Waals surface area contributed by atoms with Crippen molar-refractivity contribution in [3.8, 4) is 0 Å². The standard InChI is InChI=1S/C28H26N4O.C2HF3O2/c1-32(2)17-19-7-5-6-18(14-19)10-13-24-21-12-11-20(15-26(21)31-30-24)23-16-28(23)22-8-3-4-9-25(22)29-27(28)33;3-2(4,5)1(6)7/h3-15,23H,16-17H2,1-2H3,(H,29,33)(H,30,31);(H,6,7)/b13-10+;/t23-,28-;/m0./s1. The van der Waals surface area contributed by atoms with E-state index >= 15 is 0 Å². The average Bonchev–Trinajstić information content (AvgIpc) is 3.43. The zero-order valence-electron chi connectivity index (χ0n) is 21.8. The van der Waals surface area contributed by atoms with Gasteiger partial charge in [0.15, 0.2) is 0 Å². The molecule has 7 nitrogen and oxygen atoms in total. The molecule has 4 aromatic rings. The third kappa shape index (κ3) is 5.22.